The molecule has 0 radical (unpaired) electrons. The number of ether oxygens (including phenoxy) is 1. The fraction of sp³-hybridized carbons (Fsp3) is 0.208. The van der Waals surface area contributed by atoms with Gasteiger partial charge < -0.3 is 9.84 Å². The van der Waals surface area contributed by atoms with Crippen LogP contribution in [0.3, 0.4) is 0 Å². The van der Waals surface area contributed by atoms with Crippen LogP contribution in [0.5, 0.6) is 5.75 Å². The highest BCUT2D eigenvalue weighted by atomic mass is 16.5. The summed E-state index contributed by atoms with van der Waals surface area (Å²) in [5.74, 6) is -0.347. The van der Waals surface area contributed by atoms with Gasteiger partial charge >= 0.3 is 5.97 Å². The monoisotopic (exact) mass is 375 g/mol. The van der Waals surface area contributed by atoms with E-state index in [1.807, 2.05) is 12.1 Å². The highest BCUT2D eigenvalue weighted by Crippen LogP contribution is 2.14. The summed E-state index contributed by atoms with van der Waals surface area (Å²) in [5, 5.41) is 9.07. The molecule has 0 atom stereocenters. The third-order valence-electron chi connectivity index (χ3n) is 4.47. The maximum atomic E-state index is 11.1. The van der Waals surface area contributed by atoms with Gasteiger partial charge in [-0.05, 0) is 35.7 Å². The second-order valence-electron chi connectivity index (χ2n) is 6.72. The lowest BCUT2D eigenvalue weighted by Crippen LogP contribution is -2.25. The van der Waals surface area contributed by atoms with Gasteiger partial charge in [0.1, 0.15) is 5.75 Å². The molecule has 4 heteroatoms. The average molecular weight is 375 g/mol. The van der Waals surface area contributed by atoms with Crippen molar-refractivity contribution in [3.63, 3.8) is 0 Å². The summed E-state index contributed by atoms with van der Waals surface area (Å²) in [4.78, 5) is 13.5. The predicted octanol–water partition coefficient (Wildman–Crippen LogP) is 4.86. The first-order chi connectivity index (χ1) is 13.7. The van der Waals surface area contributed by atoms with Gasteiger partial charge in [-0.2, -0.15) is 0 Å². The number of nitrogens with zero attached hydrogens (tertiary/aromatic N) is 1. The second kappa shape index (κ2) is 10.3. The van der Waals surface area contributed by atoms with Gasteiger partial charge in [0, 0.05) is 19.6 Å². The van der Waals surface area contributed by atoms with Crippen LogP contribution in [0, 0.1) is 0 Å². The highest BCUT2D eigenvalue weighted by molar-refractivity contribution is 5.87. The molecule has 0 spiro atoms. The molecule has 0 amide bonds. The van der Waals surface area contributed by atoms with Crippen LogP contribution in [0.1, 0.15) is 27.9 Å². The summed E-state index contributed by atoms with van der Waals surface area (Å²) in [6, 6.07) is 27.5. The molecule has 1 N–H and O–H groups in total. The minimum atomic E-state index is -0.942. The largest absolute Gasteiger partial charge is 0.494 e. The summed E-state index contributed by atoms with van der Waals surface area (Å²) in [5.41, 5.74) is 2.81. The number of carboxylic acid groups (broad SMARTS) is 1. The molecule has 0 bridgehead atoms. The summed E-state index contributed by atoms with van der Waals surface area (Å²) >= 11 is 0. The maximum Gasteiger partial charge on any atom is 0.335 e. The van der Waals surface area contributed by atoms with Gasteiger partial charge in [-0.15, -0.1) is 0 Å². The van der Waals surface area contributed by atoms with Crippen molar-refractivity contribution in [1.82, 2.24) is 4.90 Å². The molecule has 28 heavy (non-hydrogen) atoms. The lowest BCUT2D eigenvalue weighted by molar-refractivity contribution is 0.0696. The van der Waals surface area contributed by atoms with Crippen molar-refractivity contribution in [2.45, 2.75) is 19.5 Å². The Balaban J connectivity index is 1.55. The fourth-order valence-corrected chi connectivity index (χ4v) is 3.09. The summed E-state index contributed by atoms with van der Waals surface area (Å²) in [6.07, 6.45) is 0.858. The summed E-state index contributed by atoms with van der Waals surface area (Å²) in [6.45, 7) is 3.19. The van der Waals surface area contributed by atoms with E-state index in [0.29, 0.717) is 12.4 Å². The number of carbonyl (C=O) groups is 1. The molecule has 0 aromatic heterocycles. The van der Waals surface area contributed by atoms with E-state index in [2.05, 4.69) is 53.4 Å². The van der Waals surface area contributed by atoms with E-state index in [1.54, 1.807) is 24.3 Å². The van der Waals surface area contributed by atoms with Gasteiger partial charge in [0.15, 0.2) is 0 Å². The molecule has 3 rings (SSSR count). The number of carboxylic acids is 1. The first-order valence-corrected chi connectivity index (χ1v) is 9.47. The third-order valence-corrected chi connectivity index (χ3v) is 4.47. The van der Waals surface area contributed by atoms with Crippen molar-refractivity contribution in [3.05, 3.63) is 102 Å². The first kappa shape index (κ1) is 19.6. The van der Waals surface area contributed by atoms with Gasteiger partial charge in [-0.1, -0.05) is 66.7 Å². The molecule has 0 heterocycles. The molecule has 0 fully saturated rings. The Bertz CT molecular complexity index is 824. The van der Waals surface area contributed by atoms with Crippen molar-refractivity contribution in [1.29, 1.82) is 0 Å². The molecule has 3 aromatic rings. The van der Waals surface area contributed by atoms with E-state index >= 15 is 0 Å². The van der Waals surface area contributed by atoms with Crippen LogP contribution in [0.4, 0.5) is 0 Å². The Hall–Kier alpha value is -3.11. The molecule has 144 valence electrons. The van der Waals surface area contributed by atoms with Crippen molar-refractivity contribution >= 4 is 5.97 Å². The van der Waals surface area contributed by atoms with Crippen molar-refractivity contribution in [2.24, 2.45) is 0 Å². The van der Waals surface area contributed by atoms with Crippen LogP contribution in [0.15, 0.2) is 84.9 Å². The molecule has 3 aromatic carbocycles. The zero-order valence-electron chi connectivity index (χ0n) is 15.8. The summed E-state index contributed by atoms with van der Waals surface area (Å²) in [7, 11) is 0. The number of benzene rings is 3. The van der Waals surface area contributed by atoms with Gasteiger partial charge in [0.2, 0.25) is 0 Å². The van der Waals surface area contributed by atoms with Gasteiger partial charge in [-0.3, -0.25) is 4.90 Å². The Labute approximate surface area is 166 Å². The minimum absolute atomic E-state index is 0.243. The van der Waals surface area contributed by atoms with Crippen LogP contribution >= 0.6 is 0 Å². The third kappa shape index (κ3) is 6.25. The first-order valence-electron chi connectivity index (χ1n) is 9.47. The van der Waals surface area contributed by atoms with Crippen molar-refractivity contribution in [3.8, 4) is 5.75 Å². The van der Waals surface area contributed by atoms with Crippen LogP contribution in [0.2, 0.25) is 0 Å². The predicted molar refractivity (Wildman–Crippen MR) is 111 cm³/mol. The van der Waals surface area contributed by atoms with E-state index in [-0.39, 0.29) is 5.56 Å². The van der Waals surface area contributed by atoms with Crippen LogP contribution in [-0.2, 0) is 13.1 Å². The maximum absolute atomic E-state index is 11.1. The smallest absolute Gasteiger partial charge is 0.335 e. The van der Waals surface area contributed by atoms with E-state index in [4.69, 9.17) is 9.84 Å². The number of aromatic carboxylic acids is 1. The molecular weight excluding hydrogens is 350 g/mol. The van der Waals surface area contributed by atoms with E-state index < -0.39 is 5.97 Å². The van der Waals surface area contributed by atoms with Crippen molar-refractivity contribution in [2.75, 3.05) is 13.2 Å². The van der Waals surface area contributed by atoms with E-state index in [9.17, 15) is 4.79 Å². The number of hydrogen-bond donors (Lipinski definition) is 1. The standard InChI is InChI=1S/C24H25NO3/c26-24(27)22-13-7-14-23(17-22)28-16-8-15-25(18-20-9-3-1-4-10-20)19-21-11-5-2-6-12-21/h1-7,9-14,17H,8,15-16,18-19H2,(H,26,27). The van der Waals surface area contributed by atoms with E-state index in [0.717, 1.165) is 26.1 Å². The molecule has 0 unspecified atom stereocenters. The fourth-order valence-electron chi connectivity index (χ4n) is 3.09. The molecular formula is C24H25NO3. The molecule has 0 saturated heterocycles. The van der Waals surface area contributed by atoms with Crippen molar-refractivity contribution < 1.29 is 14.6 Å². The quantitative estimate of drug-likeness (QED) is 0.514. The number of hydrogen-bond acceptors (Lipinski definition) is 3. The molecule has 0 aliphatic heterocycles. The van der Waals surface area contributed by atoms with Gasteiger partial charge in [-0.25, -0.2) is 4.79 Å². The molecule has 0 aliphatic carbocycles. The zero-order chi connectivity index (χ0) is 19.6. The normalized spacial score (nSPS) is 10.8. The van der Waals surface area contributed by atoms with E-state index in [1.165, 1.54) is 11.1 Å². The Morgan fingerprint density at radius 1 is 0.821 bits per heavy atom. The second-order valence-corrected chi connectivity index (χ2v) is 6.72. The lowest BCUT2D eigenvalue weighted by atomic mass is 10.1. The van der Waals surface area contributed by atoms with Gasteiger partial charge in [0.25, 0.3) is 0 Å². The molecule has 0 aliphatic rings. The van der Waals surface area contributed by atoms with Crippen LogP contribution in [-0.4, -0.2) is 29.1 Å². The highest BCUT2D eigenvalue weighted by Gasteiger charge is 2.08. The molecule has 0 saturated carbocycles. The van der Waals surface area contributed by atoms with Crippen LogP contribution in [0.25, 0.3) is 0 Å². The average Bonchev–Trinajstić information content (AvgIpc) is 2.73. The van der Waals surface area contributed by atoms with Crippen LogP contribution < -0.4 is 4.74 Å². The molecule has 4 nitrogen and oxygen atoms in total. The Morgan fingerprint density at radius 2 is 1.43 bits per heavy atom. The SMILES string of the molecule is O=C(O)c1cccc(OCCCN(Cc2ccccc2)Cc2ccccc2)c1. The van der Waals surface area contributed by atoms with Gasteiger partial charge in [0.05, 0.1) is 12.2 Å². The topological polar surface area (TPSA) is 49.8 Å². The zero-order valence-corrected chi connectivity index (χ0v) is 15.8. The lowest BCUT2D eigenvalue weighted by Gasteiger charge is -2.22. The minimum Gasteiger partial charge on any atom is -0.494 e. The Morgan fingerprint density at radius 3 is 2.00 bits per heavy atom. The summed E-state index contributed by atoms with van der Waals surface area (Å²) < 4.78 is 5.76. The number of rotatable bonds is 10. The Kier molecular flexibility index (Phi) is 7.21.